The summed E-state index contributed by atoms with van der Waals surface area (Å²) < 4.78 is 45.0. The van der Waals surface area contributed by atoms with Crippen molar-refractivity contribution >= 4 is 27.5 Å². The van der Waals surface area contributed by atoms with Crippen LogP contribution >= 0.6 is 0 Å². The zero-order chi connectivity index (χ0) is 19.7. The predicted octanol–water partition coefficient (Wildman–Crippen LogP) is 2.90. The van der Waals surface area contributed by atoms with Crippen LogP contribution in [0, 0.1) is 6.92 Å². The van der Waals surface area contributed by atoms with Crippen molar-refractivity contribution in [3.05, 3.63) is 59.7 Å². The Bertz CT molecular complexity index is 1000. The minimum atomic E-state index is -4.09. The summed E-state index contributed by atoms with van der Waals surface area (Å²) in [5.74, 6) is -0.585. The zero-order valence-electron chi connectivity index (χ0n) is 15.0. The van der Waals surface area contributed by atoms with E-state index in [1.165, 1.54) is 19.1 Å². The van der Waals surface area contributed by atoms with Gasteiger partial charge in [-0.25, -0.2) is 4.39 Å². The van der Waals surface area contributed by atoms with Crippen LogP contribution in [0.5, 0.6) is 0 Å². The van der Waals surface area contributed by atoms with Gasteiger partial charge in [-0.3, -0.25) is 4.79 Å². The minimum absolute atomic E-state index is 0.0115. The molecule has 0 fully saturated rings. The molecule has 27 heavy (non-hydrogen) atoms. The molecule has 2 aromatic carbocycles. The van der Waals surface area contributed by atoms with Gasteiger partial charge in [-0.1, -0.05) is 35.9 Å². The topological polar surface area (TPSA) is 87.6 Å². The molecule has 1 heterocycles. The number of para-hydroxylation sites is 1. The van der Waals surface area contributed by atoms with E-state index in [-0.39, 0.29) is 29.6 Å². The van der Waals surface area contributed by atoms with E-state index < -0.39 is 15.7 Å². The molecule has 1 unspecified atom stereocenters. The average Bonchev–Trinajstić information content (AvgIpc) is 2.87. The Balaban J connectivity index is 2.01. The van der Waals surface area contributed by atoms with Crippen LogP contribution in [0.4, 0.5) is 10.1 Å². The summed E-state index contributed by atoms with van der Waals surface area (Å²) in [7, 11) is -4.09. The first-order valence-electron chi connectivity index (χ1n) is 8.44. The van der Waals surface area contributed by atoms with E-state index in [0.29, 0.717) is 11.3 Å². The third-order valence-electron chi connectivity index (χ3n) is 4.36. The lowest BCUT2D eigenvalue weighted by Crippen LogP contribution is -2.35. The molecule has 6 nitrogen and oxygen atoms in total. The summed E-state index contributed by atoms with van der Waals surface area (Å²) in [4.78, 5) is 11.1. The predicted molar refractivity (Wildman–Crippen MR) is 102 cm³/mol. The largest absolute Gasteiger partial charge is 0.356 e. The smallest absolute Gasteiger partial charge is 0.284 e. The van der Waals surface area contributed by atoms with Gasteiger partial charge in [0, 0.05) is 31.1 Å². The molecule has 0 saturated carbocycles. The van der Waals surface area contributed by atoms with Crippen LogP contribution in [-0.2, 0) is 20.5 Å². The maximum atomic E-state index is 15.9. The fourth-order valence-corrected chi connectivity index (χ4v) is 3.95. The first-order chi connectivity index (χ1) is 12.7. The molecule has 0 spiro atoms. The highest BCUT2D eigenvalue weighted by Gasteiger charge is 2.46. The first-order valence-corrected chi connectivity index (χ1v) is 9.88. The number of nitrogens with one attached hydrogen (secondary N) is 2. The summed E-state index contributed by atoms with van der Waals surface area (Å²) in [6.07, 6.45) is -0.140. The molecule has 142 valence electrons. The van der Waals surface area contributed by atoms with Crippen molar-refractivity contribution in [1.82, 2.24) is 5.32 Å². The molecule has 1 atom stereocenters. The van der Waals surface area contributed by atoms with E-state index in [2.05, 4.69) is 15.0 Å². The number of aryl methyl sites for hydroxylation is 1. The molecule has 0 bridgehead atoms. The van der Waals surface area contributed by atoms with Crippen LogP contribution in [0.2, 0.25) is 0 Å². The highest BCUT2D eigenvalue weighted by Crippen LogP contribution is 2.42. The number of benzene rings is 2. The van der Waals surface area contributed by atoms with Gasteiger partial charge in [-0.15, -0.1) is 4.40 Å². The lowest BCUT2D eigenvalue weighted by atomic mass is 9.93. The van der Waals surface area contributed by atoms with Crippen molar-refractivity contribution in [2.75, 3.05) is 11.9 Å². The summed E-state index contributed by atoms with van der Waals surface area (Å²) in [6.45, 7) is 3.22. The molecular formula is C19H20FN3O3S. The third-order valence-corrected chi connectivity index (χ3v) is 5.65. The number of fused-ring (bicyclic) bond motifs is 1. The molecule has 1 aliphatic rings. The molecule has 2 N–H and O–H groups in total. The zero-order valence-corrected chi connectivity index (χ0v) is 15.8. The summed E-state index contributed by atoms with van der Waals surface area (Å²) in [6, 6.07) is 12.8. The Morgan fingerprint density at radius 3 is 2.52 bits per heavy atom. The Morgan fingerprint density at radius 1 is 1.19 bits per heavy atom. The summed E-state index contributed by atoms with van der Waals surface area (Å²) in [5.41, 5.74) is -0.478. The Kier molecular flexibility index (Phi) is 5.01. The quantitative estimate of drug-likeness (QED) is 0.823. The fourth-order valence-electron chi connectivity index (χ4n) is 2.93. The van der Waals surface area contributed by atoms with Gasteiger partial charge in [0.2, 0.25) is 5.91 Å². The SMILES string of the molecule is CC(=O)NCCC1(F)/C(=N/S(=O)(=O)c2ccc(C)cc2)Nc2ccccc21. The molecule has 2 aromatic rings. The van der Waals surface area contributed by atoms with Gasteiger partial charge in [0.05, 0.1) is 4.90 Å². The molecular weight excluding hydrogens is 369 g/mol. The Hall–Kier alpha value is -2.74. The van der Waals surface area contributed by atoms with Crippen LogP contribution in [0.1, 0.15) is 24.5 Å². The number of anilines is 1. The van der Waals surface area contributed by atoms with Crippen molar-refractivity contribution in [3.8, 4) is 0 Å². The molecule has 0 aliphatic carbocycles. The highest BCUT2D eigenvalue weighted by molar-refractivity contribution is 7.90. The molecule has 0 aromatic heterocycles. The second-order valence-corrected chi connectivity index (χ2v) is 8.04. The maximum absolute atomic E-state index is 15.9. The monoisotopic (exact) mass is 389 g/mol. The minimum Gasteiger partial charge on any atom is -0.356 e. The van der Waals surface area contributed by atoms with Crippen molar-refractivity contribution in [1.29, 1.82) is 0 Å². The maximum Gasteiger partial charge on any atom is 0.284 e. The fraction of sp³-hybridized carbons (Fsp3) is 0.263. The van der Waals surface area contributed by atoms with Crippen LogP contribution in [-0.4, -0.2) is 26.7 Å². The van der Waals surface area contributed by atoms with Gasteiger partial charge in [-0.2, -0.15) is 8.42 Å². The van der Waals surface area contributed by atoms with Gasteiger partial charge >= 0.3 is 0 Å². The molecule has 0 radical (unpaired) electrons. The average molecular weight is 389 g/mol. The van der Waals surface area contributed by atoms with Crippen LogP contribution in [0.15, 0.2) is 57.8 Å². The normalized spacial score (nSPS) is 20.2. The van der Waals surface area contributed by atoms with E-state index >= 15 is 4.39 Å². The molecule has 0 saturated heterocycles. The molecule has 1 aliphatic heterocycles. The van der Waals surface area contributed by atoms with E-state index in [1.807, 2.05) is 6.92 Å². The second-order valence-electron chi connectivity index (χ2n) is 6.43. The van der Waals surface area contributed by atoms with Gasteiger partial charge in [0.1, 0.15) is 0 Å². The van der Waals surface area contributed by atoms with Crippen molar-refractivity contribution in [2.45, 2.75) is 30.8 Å². The summed E-state index contributed by atoms with van der Waals surface area (Å²) >= 11 is 0. The van der Waals surface area contributed by atoms with E-state index in [9.17, 15) is 13.2 Å². The van der Waals surface area contributed by atoms with Crippen LogP contribution < -0.4 is 10.6 Å². The number of amides is 1. The van der Waals surface area contributed by atoms with Crippen LogP contribution in [0.3, 0.4) is 0 Å². The number of halogens is 1. The number of hydrogen-bond donors (Lipinski definition) is 2. The number of carbonyl (C=O) groups excluding carboxylic acids is 1. The number of rotatable bonds is 5. The molecule has 3 rings (SSSR count). The first kappa shape index (κ1) is 19.0. The van der Waals surface area contributed by atoms with Gasteiger partial charge in [0.15, 0.2) is 11.5 Å². The Labute approximate surface area is 157 Å². The number of amidine groups is 1. The van der Waals surface area contributed by atoms with Gasteiger partial charge in [-0.05, 0) is 25.1 Å². The van der Waals surface area contributed by atoms with Crippen molar-refractivity contribution in [3.63, 3.8) is 0 Å². The van der Waals surface area contributed by atoms with Crippen molar-refractivity contribution < 1.29 is 17.6 Å². The van der Waals surface area contributed by atoms with Gasteiger partial charge < -0.3 is 10.6 Å². The standard InChI is InChI=1S/C19H20FN3O3S/c1-13-7-9-15(10-8-13)27(25,26)23-18-19(20,11-12-21-14(2)24)16-5-3-4-6-17(16)22-18/h3-10H,11-12H2,1-2H3,(H,21,24)(H,22,23). The Morgan fingerprint density at radius 2 is 1.85 bits per heavy atom. The number of nitrogens with zero attached hydrogens (tertiary/aromatic N) is 1. The number of alkyl halides is 1. The van der Waals surface area contributed by atoms with Crippen LogP contribution in [0.25, 0.3) is 0 Å². The lowest BCUT2D eigenvalue weighted by Gasteiger charge is -2.20. The number of carbonyl (C=O) groups is 1. The van der Waals surface area contributed by atoms with Gasteiger partial charge in [0.25, 0.3) is 10.0 Å². The number of hydrogen-bond acceptors (Lipinski definition) is 3. The number of sulfonamides is 1. The second kappa shape index (κ2) is 7.11. The van der Waals surface area contributed by atoms with E-state index in [0.717, 1.165) is 5.56 Å². The molecule has 8 heteroatoms. The lowest BCUT2D eigenvalue weighted by molar-refractivity contribution is -0.119. The molecule has 1 amide bonds. The third kappa shape index (κ3) is 3.85. The highest BCUT2D eigenvalue weighted by atomic mass is 32.2. The summed E-state index contributed by atoms with van der Waals surface area (Å²) in [5, 5.41) is 5.32. The van der Waals surface area contributed by atoms with E-state index in [1.54, 1.807) is 36.4 Å². The van der Waals surface area contributed by atoms with Crippen molar-refractivity contribution in [2.24, 2.45) is 4.40 Å². The van der Waals surface area contributed by atoms with E-state index in [4.69, 9.17) is 0 Å².